The number of carbonyl (C=O) groups is 2. The van der Waals surface area contributed by atoms with Crippen molar-refractivity contribution in [2.45, 2.75) is 44.5 Å². The van der Waals surface area contributed by atoms with Crippen LogP contribution in [0.3, 0.4) is 0 Å². The summed E-state index contributed by atoms with van der Waals surface area (Å²) in [5.74, 6) is 5.88. The summed E-state index contributed by atoms with van der Waals surface area (Å²) in [6.45, 7) is 1.30. The van der Waals surface area contributed by atoms with E-state index in [-0.39, 0.29) is 24.2 Å². The van der Waals surface area contributed by atoms with Gasteiger partial charge in [0.2, 0.25) is 5.91 Å². The van der Waals surface area contributed by atoms with Gasteiger partial charge in [0.15, 0.2) is 6.29 Å². The maximum absolute atomic E-state index is 12.8. The monoisotopic (exact) mass is 495 g/mol. The van der Waals surface area contributed by atoms with Crippen LogP contribution in [0.4, 0.5) is 11.4 Å². The molecule has 3 heterocycles. The molecule has 188 valence electrons. The average Bonchev–Trinajstić information content (AvgIpc) is 2.93. The van der Waals surface area contributed by atoms with Gasteiger partial charge >= 0.3 is 0 Å². The molecule has 37 heavy (non-hydrogen) atoms. The third-order valence-electron chi connectivity index (χ3n) is 6.42. The Balaban J connectivity index is 1.17. The summed E-state index contributed by atoms with van der Waals surface area (Å²) in [4.78, 5) is 31.6. The van der Waals surface area contributed by atoms with Gasteiger partial charge in [0.25, 0.3) is 5.91 Å². The molecular formula is C30H29N3O4. The summed E-state index contributed by atoms with van der Waals surface area (Å²) in [6.07, 6.45) is 5.55. The van der Waals surface area contributed by atoms with E-state index in [0.29, 0.717) is 29.9 Å². The van der Waals surface area contributed by atoms with Crippen LogP contribution in [0, 0.1) is 11.8 Å². The topological polar surface area (TPSA) is 80.8 Å². The van der Waals surface area contributed by atoms with Crippen molar-refractivity contribution in [3.05, 3.63) is 89.7 Å². The van der Waals surface area contributed by atoms with Crippen molar-refractivity contribution in [1.82, 2.24) is 4.98 Å². The highest BCUT2D eigenvalue weighted by molar-refractivity contribution is 6.05. The number of piperidine rings is 1. The molecular weight excluding hydrogens is 466 g/mol. The molecule has 7 nitrogen and oxygen atoms in total. The van der Waals surface area contributed by atoms with Gasteiger partial charge in [0.1, 0.15) is 5.69 Å². The van der Waals surface area contributed by atoms with Crippen molar-refractivity contribution in [2.75, 3.05) is 23.4 Å². The van der Waals surface area contributed by atoms with Crippen LogP contribution in [0.1, 0.15) is 53.7 Å². The van der Waals surface area contributed by atoms with Crippen LogP contribution in [0.5, 0.6) is 0 Å². The van der Waals surface area contributed by atoms with Gasteiger partial charge in [-0.3, -0.25) is 9.59 Å². The molecule has 5 rings (SSSR count). The molecule has 2 aliphatic rings. The minimum absolute atomic E-state index is 0.0212. The first-order valence-electron chi connectivity index (χ1n) is 12.7. The number of nitrogens with zero attached hydrogens (tertiary/aromatic N) is 2. The fourth-order valence-electron chi connectivity index (χ4n) is 4.47. The van der Waals surface area contributed by atoms with E-state index in [0.717, 1.165) is 43.5 Å². The molecule has 0 saturated carbocycles. The van der Waals surface area contributed by atoms with Gasteiger partial charge < -0.3 is 19.7 Å². The standard InChI is InChI=1S/C30H29N3O4/c34-28-21-27(37-29-9-2-4-19-36-29)16-18-33(28)26-14-11-23(12-15-26)30(35)32-25-8-5-6-22(20-25)10-13-24-7-1-3-17-31-24/h1,3,5-8,11-12,14-15,17,20,27,29H,2,4,9,16,18-19,21H2,(H,32,35). The van der Waals surface area contributed by atoms with Gasteiger partial charge in [-0.25, -0.2) is 4.98 Å². The largest absolute Gasteiger partial charge is 0.353 e. The second-order valence-corrected chi connectivity index (χ2v) is 9.14. The van der Waals surface area contributed by atoms with Gasteiger partial charge in [0.05, 0.1) is 12.5 Å². The summed E-state index contributed by atoms with van der Waals surface area (Å²) in [5.41, 5.74) is 3.40. The van der Waals surface area contributed by atoms with Gasteiger partial charge in [-0.15, -0.1) is 0 Å². The van der Waals surface area contributed by atoms with E-state index in [1.54, 1.807) is 23.2 Å². The minimum Gasteiger partial charge on any atom is -0.353 e. The maximum Gasteiger partial charge on any atom is 0.255 e. The predicted octanol–water partition coefficient (Wildman–Crippen LogP) is 4.77. The van der Waals surface area contributed by atoms with Crippen molar-refractivity contribution < 1.29 is 19.1 Å². The van der Waals surface area contributed by atoms with E-state index in [1.165, 1.54) is 0 Å². The Hall–Kier alpha value is -3.99. The molecule has 0 bridgehead atoms. The molecule has 7 heteroatoms. The van der Waals surface area contributed by atoms with Gasteiger partial charge in [0, 0.05) is 41.9 Å². The third kappa shape index (κ3) is 6.62. The molecule has 0 spiro atoms. The van der Waals surface area contributed by atoms with Gasteiger partial charge in [-0.2, -0.15) is 0 Å². The van der Waals surface area contributed by atoms with Crippen molar-refractivity contribution in [2.24, 2.45) is 0 Å². The summed E-state index contributed by atoms with van der Waals surface area (Å²) >= 11 is 0. The van der Waals surface area contributed by atoms with Crippen LogP contribution in [-0.4, -0.2) is 42.3 Å². The van der Waals surface area contributed by atoms with Crippen molar-refractivity contribution in [1.29, 1.82) is 0 Å². The fourth-order valence-corrected chi connectivity index (χ4v) is 4.47. The molecule has 2 atom stereocenters. The van der Waals surface area contributed by atoms with Crippen LogP contribution in [0.15, 0.2) is 72.9 Å². The number of benzene rings is 2. The quantitative estimate of drug-likeness (QED) is 0.516. The lowest BCUT2D eigenvalue weighted by Crippen LogP contribution is -2.43. The number of hydrogen-bond acceptors (Lipinski definition) is 5. The average molecular weight is 496 g/mol. The number of aromatic nitrogens is 1. The van der Waals surface area contributed by atoms with Crippen LogP contribution in [-0.2, 0) is 14.3 Å². The lowest BCUT2D eigenvalue weighted by Gasteiger charge is -2.34. The van der Waals surface area contributed by atoms with Crippen molar-refractivity contribution in [3.63, 3.8) is 0 Å². The lowest BCUT2D eigenvalue weighted by atomic mass is 10.0. The van der Waals surface area contributed by atoms with E-state index in [1.807, 2.05) is 54.6 Å². The molecule has 2 unspecified atom stereocenters. The Morgan fingerprint density at radius 1 is 1.03 bits per heavy atom. The highest BCUT2D eigenvalue weighted by atomic mass is 16.7. The first-order valence-corrected chi connectivity index (χ1v) is 12.7. The van der Waals surface area contributed by atoms with Crippen LogP contribution in [0.2, 0.25) is 0 Å². The second kappa shape index (κ2) is 11.8. The molecule has 2 amide bonds. The molecule has 1 N–H and O–H groups in total. The molecule has 0 aliphatic carbocycles. The SMILES string of the molecule is O=C(Nc1cccc(C#Cc2ccccn2)c1)c1ccc(N2CCC(OC3CCCCO3)CC2=O)cc1. The highest BCUT2D eigenvalue weighted by Gasteiger charge is 2.30. The third-order valence-corrected chi connectivity index (χ3v) is 6.42. The van der Waals surface area contributed by atoms with Gasteiger partial charge in [-0.1, -0.05) is 18.1 Å². The zero-order valence-electron chi connectivity index (χ0n) is 20.6. The first kappa shape index (κ1) is 24.7. The van der Waals surface area contributed by atoms with Crippen molar-refractivity contribution >= 4 is 23.2 Å². The Morgan fingerprint density at radius 2 is 1.92 bits per heavy atom. The van der Waals surface area contributed by atoms with Crippen LogP contribution >= 0.6 is 0 Å². The van der Waals surface area contributed by atoms with E-state index < -0.39 is 0 Å². The summed E-state index contributed by atoms with van der Waals surface area (Å²) < 4.78 is 11.7. The van der Waals surface area contributed by atoms with E-state index in [4.69, 9.17) is 9.47 Å². The van der Waals surface area contributed by atoms with E-state index >= 15 is 0 Å². The Labute approximate surface area is 216 Å². The Bertz CT molecular complexity index is 1290. The van der Waals surface area contributed by atoms with E-state index in [9.17, 15) is 9.59 Å². The normalized spacial score (nSPS) is 19.6. The number of rotatable bonds is 5. The summed E-state index contributed by atoms with van der Waals surface area (Å²) in [5, 5.41) is 2.92. The Morgan fingerprint density at radius 3 is 2.68 bits per heavy atom. The van der Waals surface area contributed by atoms with Crippen LogP contribution in [0.25, 0.3) is 0 Å². The van der Waals surface area contributed by atoms with E-state index in [2.05, 4.69) is 22.1 Å². The molecule has 0 radical (unpaired) electrons. The van der Waals surface area contributed by atoms with Crippen molar-refractivity contribution in [3.8, 4) is 11.8 Å². The number of pyridine rings is 1. The lowest BCUT2D eigenvalue weighted by molar-refractivity contribution is -0.192. The maximum atomic E-state index is 12.8. The smallest absolute Gasteiger partial charge is 0.255 e. The van der Waals surface area contributed by atoms with Gasteiger partial charge in [-0.05, 0) is 86.2 Å². The number of ether oxygens (including phenoxy) is 2. The molecule has 2 fully saturated rings. The second-order valence-electron chi connectivity index (χ2n) is 9.14. The number of nitrogens with one attached hydrogen (secondary N) is 1. The minimum atomic E-state index is -0.229. The highest BCUT2D eigenvalue weighted by Crippen LogP contribution is 2.26. The zero-order valence-corrected chi connectivity index (χ0v) is 20.6. The van der Waals surface area contributed by atoms with Crippen LogP contribution < -0.4 is 10.2 Å². The Kier molecular flexibility index (Phi) is 7.90. The number of amides is 2. The predicted molar refractivity (Wildman–Crippen MR) is 141 cm³/mol. The molecule has 2 saturated heterocycles. The molecule has 2 aliphatic heterocycles. The summed E-state index contributed by atoms with van der Waals surface area (Å²) in [7, 11) is 0. The first-order chi connectivity index (χ1) is 18.1. The fraction of sp³-hybridized carbons (Fsp3) is 0.300. The zero-order chi connectivity index (χ0) is 25.5. The molecule has 2 aromatic carbocycles. The summed E-state index contributed by atoms with van der Waals surface area (Å²) in [6, 6.07) is 20.1. The number of anilines is 2. The number of carbonyl (C=O) groups excluding carboxylic acids is 2. The molecule has 3 aromatic rings. The molecule has 1 aromatic heterocycles. The number of hydrogen-bond donors (Lipinski definition) is 1.